The summed E-state index contributed by atoms with van der Waals surface area (Å²) in [6.07, 6.45) is 1.96. The van der Waals surface area contributed by atoms with Gasteiger partial charge in [-0.15, -0.1) is 0 Å². The van der Waals surface area contributed by atoms with Crippen LogP contribution in [0.1, 0.15) is 18.4 Å². The van der Waals surface area contributed by atoms with Crippen LogP contribution < -0.4 is 14.6 Å². The molecule has 3 rings (SSSR count). The summed E-state index contributed by atoms with van der Waals surface area (Å²) in [5, 5.41) is 10.5. The number of nitrogens with zero attached hydrogens (tertiary/aromatic N) is 1. The van der Waals surface area contributed by atoms with Crippen molar-refractivity contribution in [2.24, 2.45) is 0 Å². The molecule has 0 bridgehead atoms. The third-order valence-electron chi connectivity index (χ3n) is 3.50. The monoisotopic (exact) mass is 364 g/mol. The Morgan fingerprint density at radius 2 is 2.08 bits per heavy atom. The van der Waals surface area contributed by atoms with E-state index in [0.717, 1.165) is 5.56 Å². The SMILES string of the molecule is O=C([O-])CCCN1C(=O)/C(=C\c2ccc3c(c2)OCCO3)SC1=S. The van der Waals surface area contributed by atoms with Crippen molar-refractivity contribution in [3.05, 3.63) is 28.7 Å². The Morgan fingerprint density at radius 3 is 2.83 bits per heavy atom. The van der Waals surface area contributed by atoms with E-state index < -0.39 is 5.97 Å². The highest BCUT2D eigenvalue weighted by atomic mass is 32.2. The van der Waals surface area contributed by atoms with Gasteiger partial charge >= 0.3 is 0 Å². The standard InChI is InChI=1S/C16H15NO5S2/c18-14(19)2-1-5-17-15(20)13(24-16(17)23)9-10-3-4-11-12(8-10)22-7-6-21-11/h3-4,8-9H,1-2,5-7H2,(H,18,19)/p-1/b13-9+. The van der Waals surface area contributed by atoms with E-state index in [1.807, 2.05) is 12.1 Å². The van der Waals surface area contributed by atoms with Crippen LogP contribution in [0.2, 0.25) is 0 Å². The Morgan fingerprint density at radius 1 is 1.33 bits per heavy atom. The van der Waals surface area contributed by atoms with E-state index >= 15 is 0 Å². The lowest BCUT2D eigenvalue weighted by Crippen LogP contribution is -2.30. The summed E-state index contributed by atoms with van der Waals surface area (Å²) in [5.74, 6) is -0.00170. The third-order valence-corrected chi connectivity index (χ3v) is 4.88. The first-order valence-corrected chi connectivity index (χ1v) is 8.62. The fraction of sp³-hybridized carbons (Fsp3) is 0.312. The van der Waals surface area contributed by atoms with Crippen LogP contribution in [-0.2, 0) is 9.59 Å². The predicted octanol–water partition coefficient (Wildman–Crippen LogP) is 1.19. The lowest BCUT2D eigenvalue weighted by molar-refractivity contribution is -0.305. The molecule has 0 spiro atoms. The van der Waals surface area contributed by atoms with Gasteiger partial charge in [-0.3, -0.25) is 9.69 Å². The van der Waals surface area contributed by atoms with E-state index in [1.54, 1.807) is 12.1 Å². The second-order valence-electron chi connectivity index (χ2n) is 5.21. The largest absolute Gasteiger partial charge is 0.550 e. The van der Waals surface area contributed by atoms with E-state index in [9.17, 15) is 14.7 Å². The summed E-state index contributed by atoms with van der Waals surface area (Å²) in [4.78, 5) is 24.8. The summed E-state index contributed by atoms with van der Waals surface area (Å²) in [5.41, 5.74) is 0.814. The zero-order valence-electron chi connectivity index (χ0n) is 12.6. The highest BCUT2D eigenvalue weighted by molar-refractivity contribution is 8.26. The molecule has 0 aromatic heterocycles. The molecule has 24 heavy (non-hydrogen) atoms. The van der Waals surface area contributed by atoms with Gasteiger partial charge in [0, 0.05) is 12.5 Å². The van der Waals surface area contributed by atoms with Crippen LogP contribution in [0.25, 0.3) is 6.08 Å². The van der Waals surface area contributed by atoms with E-state index in [1.165, 1.54) is 16.7 Å². The third kappa shape index (κ3) is 3.70. The number of carboxylic acids is 1. The normalized spacial score (nSPS) is 18.3. The molecule has 2 aliphatic heterocycles. The maximum absolute atomic E-state index is 12.4. The Bertz CT molecular complexity index is 731. The summed E-state index contributed by atoms with van der Waals surface area (Å²) < 4.78 is 11.4. The highest BCUT2D eigenvalue weighted by Crippen LogP contribution is 2.35. The first kappa shape index (κ1) is 16.8. The number of rotatable bonds is 5. The topological polar surface area (TPSA) is 78.9 Å². The molecular formula is C16H14NO5S2-. The molecule has 0 atom stereocenters. The first-order chi connectivity index (χ1) is 11.5. The van der Waals surface area contributed by atoms with E-state index in [4.69, 9.17) is 21.7 Å². The number of amides is 1. The molecule has 1 aromatic rings. The maximum atomic E-state index is 12.4. The van der Waals surface area contributed by atoms with Crippen molar-refractivity contribution >= 4 is 46.3 Å². The minimum Gasteiger partial charge on any atom is -0.550 e. The Hall–Kier alpha value is -2.06. The molecular weight excluding hydrogens is 350 g/mol. The number of ether oxygens (including phenoxy) is 2. The van der Waals surface area contributed by atoms with Gasteiger partial charge in [-0.2, -0.15) is 0 Å². The van der Waals surface area contributed by atoms with Crippen molar-refractivity contribution in [1.82, 2.24) is 4.90 Å². The van der Waals surface area contributed by atoms with Gasteiger partial charge in [0.25, 0.3) is 5.91 Å². The average Bonchev–Trinajstić information content (AvgIpc) is 2.82. The maximum Gasteiger partial charge on any atom is 0.266 e. The molecule has 0 radical (unpaired) electrons. The van der Waals surface area contributed by atoms with Crippen LogP contribution in [0.4, 0.5) is 0 Å². The van der Waals surface area contributed by atoms with Gasteiger partial charge in [-0.05, 0) is 36.6 Å². The number of thioether (sulfide) groups is 1. The number of carbonyl (C=O) groups is 2. The van der Waals surface area contributed by atoms with Crippen molar-refractivity contribution in [1.29, 1.82) is 0 Å². The van der Waals surface area contributed by atoms with Gasteiger partial charge in [0.1, 0.15) is 17.5 Å². The second-order valence-corrected chi connectivity index (χ2v) is 6.89. The minimum atomic E-state index is -1.13. The first-order valence-electron chi connectivity index (χ1n) is 7.39. The van der Waals surface area contributed by atoms with Crippen LogP contribution in [0.5, 0.6) is 11.5 Å². The molecule has 2 aliphatic rings. The molecule has 1 saturated heterocycles. The van der Waals surface area contributed by atoms with Gasteiger partial charge in [0.2, 0.25) is 0 Å². The molecule has 1 fully saturated rings. The number of carboxylic acid groups (broad SMARTS) is 1. The number of hydrogen-bond acceptors (Lipinski definition) is 7. The lowest BCUT2D eigenvalue weighted by Gasteiger charge is -2.18. The summed E-state index contributed by atoms with van der Waals surface area (Å²) >= 11 is 6.41. The number of carbonyl (C=O) groups excluding carboxylic acids is 2. The Kier molecular flexibility index (Phi) is 5.06. The number of aliphatic carboxylic acids is 1. The van der Waals surface area contributed by atoms with Crippen LogP contribution >= 0.6 is 24.0 Å². The molecule has 2 heterocycles. The fourth-order valence-corrected chi connectivity index (χ4v) is 3.68. The van der Waals surface area contributed by atoms with Crippen molar-refractivity contribution in [3.63, 3.8) is 0 Å². The molecule has 1 aromatic carbocycles. The fourth-order valence-electron chi connectivity index (χ4n) is 2.38. The zero-order chi connectivity index (χ0) is 17.1. The number of fused-ring (bicyclic) bond motifs is 1. The number of hydrogen-bond donors (Lipinski definition) is 0. The van der Waals surface area contributed by atoms with Crippen LogP contribution in [0, 0.1) is 0 Å². The molecule has 126 valence electrons. The molecule has 0 unspecified atom stereocenters. The predicted molar refractivity (Wildman–Crippen MR) is 91.6 cm³/mol. The van der Waals surface area contributed by atoms with Crippen molar-refractivity contribution < 1.29 is 24.2 Å². The van der Waals surface area contributed by atoms with Crippen molar-refractivity contribution in [3.8, 4) is 11.5 Å². The average molecular weight is 364 g/mol. The number of benzene rings is 1. The smallest absolute Gasteiger partial charge is 0.266 e. The molecule has 0 aliphatic carbocycles. The Balaban J connectivity index is 1.72. The molecule has 1 amide bonds. The molecule has 0 N–H and O–H groups in total. The molecule has 0 saturated carbocycles. The van der Waals surface area contributed by atoms with Crippen LogP contribution in [-0.4, -0.2) is 40.9 Å². The summed E-state index contributed by atoms with van der Waals surface area (Å²) in [6, 6.07) is 5.47. The van der Waals surface area contributed by atoms with Crippen LogP contribution in [0.15, 0.2) is 23.1 Å². The van der Waals surface area contributed by atoms with E-state index in [-0.39, 0.29) is 18.9 Å². The second kappa shape index (κ2) is 7.23. The van der Waals surface area contributed by atoms with Crippen molar-refractivity contribution in [2.45, 2.75) is 12.8 Å². The van der Waals surface area contributed by atoms with Crippen LogP contribution in [0.3, 0.4) is 0 Å². The van der Waals surface area contributed by atoms with Gasteiger partial charge in [0.15, 0.2) is 11.5 Å². The van der Waals surface area contributed by atoms with Gasteiger partial charge < -0.3 is 19.4 Å². The van der Waals surface area contributed by atoms with Crippen molar-refractivity contribution in [2.75, 3.05) is 19.8 Å². The van der Waals surface area contributed by atoms with Gasteiger partial charge in [0.05, 0.1) is 4.91 Å². The quantitative estimate of drug-likeness (QED) is 0.573. The summed E-state index contributed by atoms with van der Waals surface area (Å²) in [6.45, 7) is 1.30. The van der Waals surface area contributed by atoms with Gasteiger partial charge in [-0.25, -0.2) is 0 Å². The summed E-state index contributed by atoms with van der Waals surface area (Å²) in [7, 11) is 0. The minimum absolute atomic E-state index is 0.0989. The number of thiocarbonyl (C=S) groups is 1. The lowest BCUT2D eigenvalue weighted by atomic mass is 10.1. The van der Waals surface area contributed by atoms with E-state index in [2.05, 4.69) is 0 Å². The Labute approximate surface area is 148 Å². The van der Waals surface area contributed by atoms with Gasteiger partial charge in [-0.1, -0.05) is 30.0 Å². The van der Waals surface area contributed by atoms with E-state index in [0.29, 0.717) is 40.4 Å². The molecule has 8 heteroatoms. The zero-order valence-corrected chi connectivity index (χ0v) is 14.3. The highest BCUT2D eigenvalue weighted by Gasteiger charge is 2.31. The molecule has 6 nitrogen and oxygen atoms in total.